The van der Waals surface area contributed by atoms with E-state index >= 15 is 0 Å². The van der Waals surface area contributed by atoms with Gasteiger partial charge in [-0.1, -0.05) is 58.0 Å². The summed E-state index contributed by atoms with van der Waals surface area (Å²) >= 11 is 0. The molecule has 13 nitrogen and oxygen atoms in total. The van der Waals surface area contributed by atoms with Gasteiger partial charge in [0.15, 0.2) is 0 Å². The Balaban J connectivity index is 2.98. The van der Waals surface area contributed by atoms with Gasteiger partial charge in [0.2, 0.25) is 29.5 Å². The van der Waals surface area contributed by atoms with Crippen LogP contribution in [0.2, 0.25) is 0 Å². The lowest BCUT2D eigenvalue weighted by molar-refractivity contribution is -0.138. The van der Waals surface area contributed by atoms with Gasteiger partial charge in [-0.2, -0.15) is 0 Å². The quantitative estimate of drug-likeness (QED) is 0.132. The summed E-state index contributed by atoms with van der Waals surface area (Å²) in [4.78, 5) is 73.8. The molecule has 0 aliphatic heterocycles. The fourth-order valence-corrected chi connectivity index (χ4v) is 3.69. The number of carboxylic acid groups (broad SMARTS) is 1. The second kappa shape index (κ2) is 16.1. The first kappa shape index (κ1) is 33.0. The summed E-state index contributed by atoms with van der Waals surface area (Å²) in [6, 6.07) is 4.39. The molecule has 13 heteroatoms. The molecule has 0 saturated carbocycles. The first-order valence-corrected chi connectivity index (χ1v) is 12.7. The summed E-state index contributed by atoms with van der Waals surface area (Å²) in [5.74, 6) is -5.47. The number of carbonyl (C=O) groups excluding carboxylic acids is 5. The molecule has 0 fully saturated rings. The lowest BCUT2D eigenvalue weighted by atomic mass is 9.99. The summed E-state index contributed by atoms with van der Waals surface area (Å²) in [7, 11) is 0. The smallest absolute Gasteiger partial charge is 0.322 e. The maximum Gasteiger partial charge on any atom is 0.322 e. The van der Waals surface area contributed by atoms with Gasteiger partial charge in [-0.25, -0.2) is 0 Å². The normalized spacial score (nSPS) is 14.0. The second-order valence-corrected chi connectivity index (χ2v) is 10.1. The molecule has 39 heavy (non-hydrogen) atoms. The number of hydrogen-bond acceptors (Lipinski definition) is 7. The number of carbonyl (C=O) groups is 6. The highest BCUT2D eigenvalue weighted by Crippen LogP contribution is 2.09. The molecule has 0 aliphatic carbocycles. The van der Waals surface area contributed by atoms with E-state index in [1.54, 1.807) is 38.1 Å². The van der Waals surface area contributed by atoms with Gasteiger partial charge in [-0.15, -0.1) is 0 Å². The van der Waals surface area contributed by atoms with Crippen LogP contribution in [-0.4, -0.2) is 71.3 Å². The van der Waals surface area contributed by atoms with Crippen molar-refractivity contribution in [2.45, 2.75) is 71.1 Å². The van der Waals surface area contributed by atoms with Gasteiger partial charge in [0, 0.05) is 0 Å². The number of nitrogens with two attached hydrogens (primary N) is 2. The highest BCUT2D eigenvalue weighted by molar-refractivity contribution is 5.96. The second-order valence-electron chi connectivity index (χ2n) is 10.1. The Labute approximate surface area is 227 Å². The zero-order chi connectivity index (χ0) is 29.7. The maximum absolute atomic E-state index is 13.1. The van der Waals surface area contributed by atoms with E-state index in [-0.39, 0.29) is 18.8 Å². The van der Waals surface area contributed by atoms with Gasteiger partial charge in [-0.05, 0) is 30.2 Å². The van der Waals surface area contributed by atoms with Crippen molar-refractivity contribution in [3.63, 3.8) is 0 Å². The molecule has 0 heterocycles. The van der Waals surface area contributed by atoms with Gasteiger partial charge in [0.25, 0.3) is 0 Å². The minimum atomic E-state index is -1.39. The lowest BCUT2D eigenvalue weighted by Gasteiger charge is -2.28. The number of amides is 5. The standard InChI is InChI=1S/C26H40N6O7/c1-14(2)10-18(24(37)29-13-21(34)35)31-26(39)22(15(3)4)32-25(38)19(12-20(28)33)30-23(36)17(27)11-16-8-6-5-7-9-16/h5-9,14-15,17-19,22H,10-13,27H2,1-4H3,(H2,28,33)(H,29,37)(H,30,36)(H,31,39)(H,32,38)(H,34,35)/t17-,18-,19-,22-/m0/s1. The number of primary amides is 1. The molecule has 4 atom stereocenters. The third-order valence-electron chi connectivity index (χ3n) is 5.67. The topological polar surface area (TPSA) is 223 Å². The maximum atomic E-state index is 13.1. The summed E-state index contributed by atoms with van der Waals surface area (Å²) in [6.45, 7) is 6.35. The number of benzene rings is 1. The van der Waals surface area contributed by atoms with Crippen LogP contribution >= 0.6 is 0 Å². The third-order valence-corrected chi connectivity index (χ3v) is 5.67. The highest BCUT2D eigenvalue weighted by Gasteiger charge is 2.33. The molecule has 216 valence electrons. The van der Waals surface area contributed by atoms with E-state index < -0.39 is 78.6 Å². The monoisotopic (exact) mass is 548 g/mol. The van der Waals surface area contributed by atoms with E-state index in [9.17, 15) is 28.8 Å². The van der Waals surface area contributed by atoms with Crippen molar-refractivity contribution < 1.29 is 33.9 Å². The average molecular weight is 549 g/mol. The average Bonchev–Trinajstić information content (AvgIpc) is 2.84. The van der Waals surface area contributed by atoms with Gasteiger partial charge < -0.3 is 37.8 Å². The van der Waals surface area contributed by atoms with E-state index in [4.69, 9.17) is 16.6 Å². The number of nitrogens with one attached hydrogen (secondary N) is 4. The Bertz CT molecular complexity index is 1020. The molecular weight excluding hydrogens is 508 g/mol. The Hall–Kier alpha value is -4.00. The van der Waals surface area contributed by atoms with Crippen LogP contribution in [0.4, 0.5) is 0 Å². The summed E-state index contributed by atoms with van der Waals surface area (Å²) in [5, 5.41) is 18.6. The highest BCUT2D eigenvalue weighted by atomic mass is 16.4. The van der Waals surface area contributed by atoms with E-state index in [0.717, 1.165) is 5.56 Å². The van der Waals surface area contributed by atoms with Crippen molar-refractivity contribution in [2.75, 3.05) is 6.54 Å². The first-order valence-electron chi connectivity index (χ1n) is 12.7. The van der Waals surface area contributed by atoms with Crippen LogP contribution in [0.1, 0.15) is 46.1 Å². The molecular formula is C26H40N6O7. The minimum absolute atomic E-state index is 0.0202. The predicted molar refractivity (Wildman–Crippen MR) is 143 cm³/mol. The number of aliphatic carboxylic acids is 1. The molecule has 9 N–H and O–H groups in total. The predicted octanol–water partition coefficient (Wildman–Crippen LogP) is -1.21. The van der Waals surface area contributed by atoms with Crippen molar-refractivity contribution in [1.29, 1.82) is 0 Å². The minimum Gasteiger partial charge on any atom is -0.480 e. The third kappa shape index (κ3) is 12.4. The van der Waals surface area contributed by atoms with Gasteiger partial charge in [0.05, 0.1) is 12.5 Å². The van der Waals surface area contributed by atoms with Crippen LogP contribution < -0.4 is 32.7 Å². The molecule has 0 bridgehead atoms. The Morgan fingerprint density at radius 3 is 1.92 bits per heavy atom. The zero-order valence-electron chi connectivity index (χ0n) is 22.7. The molecule has 1 aromatic rings. The SMILES string of the molecule is CC(C)C[C@H](NC(=O)[C@@H](NC(=O)[C@H](CC(N)=O)NC(=O)[C@@H](N)Cc1ccccc1)C(C)C)C(=O)NCC(=O)O. The van der Waals surface area contributed by atoms with Crippen molar-refractivity contribution in [2.24, 2.45) is 23.3 Å². The van der Waals surface area contributed by atoms with Crippen LogP contribution in [0.25, 0.3) is 0 Å². The molecule has 0 radical (unpaired) electrons. The molecule has 1 aromatic carbocycles. The fourth-order valence-electron chi connectivity index (χ4n) is 3.69. The molecule has 0 saturated heterocycles. The largest absolute Gasteiger partial charge is 0.480 e. The molecule has 0 spiro atoms. The Morgan fingerprint density at radius 1 is 0.821 bits per heavy atom. The van der Waals surface area contributed by atoms with E-state index in [1.807, 2.05) is 19.9 Å². The molecule has 1 rings (SSSR count). The van der Waals surface area contributed by atoms with Crippen molar-refractivity contribution in [3.8, 4) is 0 Å². The zero-order valence-corrected chi connectivity index (χ0v) is 22.7. The summed E-state index contributed by atoms with van der Waals surface area (Å²) in [5.41, 5.74) is 12.1. The van der Waals surface area contributed by atoms with Crippen molar-refractivity contribution in [3.05, 3.63) is 35.9 Å². The van der Waals surface area contributed by atoms with E-state index in [2.05, 4.69) is 21.3 Å². The lowest BCUT2D eigenvalue weighted by Crippen LogP contribution is -2.59. The Morgan fingerprint density at radius 2 is 1.41 bits per heavy atom. The molecule has 0 aromatic heterocycles. The summed E-state index contributed by atoms with van der Waals surface area (Å²) in [6.07, 6.45) is -0.124. The van der Waals surface area contributed by atoms with Gasteiger partial charge in [0.1, 0.15) is 24.7 Å². The first-order chi connectivity index (χ1) is 18.2. The number of carboxylic acids is 1. The van der Waals surface area contributed by atoms with Gasteiger partial charge >= 0.3 is 5.97 Å². The van der Waals surface area contributed by atoms with Crippen LogP contribution in [0.3, 0.4) is 0 Å². The van der Waals surface area contributed by atoms with Crippen LogP contribution in [0.15, 0.2) is 30.3 Å². The van der Waals surface area contributed by atoms with Crippen LogP contribution in [-0.2, 0) is 35.2 Å². The fraction of sp³-hybridized carbons (Fsp3) is 0.538. The van der Waals surface area contributed by atoms with Crippen LogP contribution in [0, 0.1) is 11.8 Å². The molecule has 5 amide bonds. The van der Waals surface area contributed by atoms with Crippen molar-refractivity contribution in [1.82, 2.24) is 21.3 Å². The van der Waals surface area contributed by atoms with E-state index in [0.29, 0.717) is 0 Å². The molecule has 0 unspecified atom stereocenters. The van der Waals surface area contributed by atoms with Gasteiger partial charge in [-0.3, -0.25) is 28.8 Å². The van der Waals surface area contributed by atoms with E-state index in [1.165, 1.54) is 0 Å². The van der Waals surface area contributed by atoms with Crippen LogP contribution in [0.5, 0.6) is 0 Å². The Kier molecular flexibility index (Phi) is 13.6. The number of hydrogen-bond donors (Lipinski definition) is 7. The summed E-state index contributed by atoms with van der Waals surface area (Å²) < 4.78 is 0. The number of rotatable bonds is 16. The van der Waals surface area contributed by atoms with Crippen molar-refractivity contribution >= 4 is 35.5 Å². The molecule has 0 aliphatic rings.